The Kier molecular flexibility index (Phi) is 8.86. The van der Waals surface area contributed by atoms with Gasteiger partial charge in [-0.1, -0.05) is 58.9 Å². The van der Waals surface area contributed by atoms with E-state index in [9.17, 15) is 4.79 Å². The summed E-state index contributed by atoms with van der Waals surface area (Å²) in [6.07, 6.45) is 2.75. The first-order valence-electron chi connectivity index (χ1n) is 14.9. The normalized spacial score (nSPS) is 20.9. The van der Waals surface area contributed by atoms with E-state index in [0.29, 0.717) is 37.2 Å². The van der Waals surface area contributed by atoms with E-state index in [4.69, 9.17) is 19.4 Å². The highest BCUT2D eigenvalue weighted by molar-refractivity contribution is 8.00. The molecule has 5 rings (SSSR count). The molecule has 224 valence electrons. The second-order valence-electron chi connectivity index (χ2n) is 13.7. The molecule has 1 unspecified atom stereocenters. The molecule has 42 heavy (non-hydrogen) atoms. The predicted molar refractivity (Wildman–Crippen MR) is 170 cm³/mol. The van der Waals surface area contributed by atoms with Gasteiger partial charge in [-0.25, -0.2) is 4.98 Å². The number of fused-ring (bicyclic) bond motifs is 4. The highest BCUT2D eigenvalue weighted by atomic mass is 32.2. The first kappa shape index (κ1) is 30.4. The second kappa shape index (κ2) is 12.3. The number of carbonyl (C=O) groups is 1. The first-order valence-corrected chi connectivity index (χ1v) is 15.7. The number of aromatic nitrogens is 2. The van der Waals surface area contributed by atoms with Gasteiger partial charge >= 0.3 is 0 Å². The van der Waals surface area contributed by atoms with Crippen LogP contribution in [0.5, 0.6) is 5.88 Å². The van der Waals surface area contributed by atoms with E-state index in [2.05, 4.69) is 71.4 Å². The average Bonchev–Trinajstić information content (AvgIpc) is 2.93. The SMILES string of the molecule is Cc1cccc(C)c1-c1cc2nc(n1)NSc1cccc(c1)C(=O)N(CC1CCC(C)(C)CO1)[C@H](CC(C)(C)C)CO2. The van der Waals surface area contributed by atoms with E-state index in [1.807, 2.05) is 35.2 Å². The second-order valence-corrected chi connectivity index (χ2v) is 14.6. The zero-order chi connectivity index (χ0) is 30.1. The van der Waals surface area contributed by atoms with Gasteiger partial charge in [-0.05, 0) is 85.2 Å². The summed E-state index contributed by atoms with van der Waals surface area (Å²) in [6, 6.07) is 15.8. The Balaban J connectivity index is 1.55. The molecule has 2 aromatic carbocycles. The fraction of sp³-hybridized carbons (Fsp3) is 0.500. The van der Waals surface area contributed by atoms with Crippen molar-refractivity contribution in [1.82, 2.24) is 14.9 Å². The van der Waals surface area contributed by atoms with Gasteiger partial charge in [0.1, 0.15) is 6.61 Å². The third-order valence-corrected chi connectivity index (χ3v) is 8.78. The summed E-state index contributed by atoms with van der Waals surface area (Å²) in [6.45, 7) is 16.8. The Morgan fingerprint density at radius 2 is 1.81 bits per heavy atom. The molecule has 0 aliphatic carbocycles. The van der Waals surface area contributed by atoms with Gasteiger partial charge < -0.3 is 14.4 Å². The lowest BCUT2D eigenvalue weighted by molar-refractivity contribution is -0.0641. The quantitative estimate of drug-likeness (QED) is 0.313. The van der Waals surface area contributed by atoms with Crippen LogP contribution in [0, 0.1) is 24.7 Å². The molecule has 3 aromatic rings. The van der Waals surface area contributed by atoms with Crippen molar-refractivity contribution in [3.63, 3.8) is 0 Å². The summed E-state index contributed by atoms with van der Waals surface area (Å²) in [5, 5.41) is 0. The van der Waals surface area contributed by atoms with Gasteiger partial charge in [0.25, 0.3) is 5.91 Å². The standard InChI is InChI=1S/C34H44N4O3S/c1-22-10-8-11-23(2)30(22)28-17-29-36-32(35-28)37-42-27-13-9-12-24(16-27)31(39)38(25(20-40-29)18-33(3,4)5)19-26-14-15-34(6,7)21-41-26/h8-13,16-17,25-26H,14-15,18-21H2,1-7H3,(H,35,36,37)/t25-,26?/m1/s1. The summed E-state index contributed by atoms with van der Waals surface area (Å²) in [4.78, 5) is 26.8. The van der Waals surface area contributed by atoms with Crippen LogP contribution in [0.25, 0.3) is 11.3 Å². The minimum atomic E-state index is -0.178. The summed E-state index contributed by atoms with van der Waals surface area (Å²) in [7, 11) is 0. The highest BCUT2D eigenvalue weighted by Gasteiger charge is 2.35. The zero-order valence-electron chi connectivity index (χ0n) is 26.0. The molecule has 2 aliphatic rings. The smallest absolute Gasteiger partial charge is 0.254 e. The molecule has 0 saturated carbocycles. The molecule has 1 aromatic heterocycles. The van der Waals surface area contributed by atoms with Crippen molar-refractivity contribution in [3.8, 4) is 17.1 Å². The molecular formula is C34H44N4O3S. The Bertz CT molecular complexity index is 1400. The van der Waals surface area contributed by atoms with E-state index in [0.717, 1.165) is 46.5 Å². The van der Waals surface area contributed by atoms with Crippen molar-refractivity contribution in [1.29, 1.82) is 0 Å². The number of hydrogen-bond acceptors (Lipinski definition) is 7. The maximum atomic E-state index is 14.3. The van der Waals surface area contributed by atoms with Gasteiger partial charge in [-0.15, -0.1) is 0 Å². The fourth-order valence-corrected chi connectivity index (χ4v) is 6.45. The van der Waals surface area contributed by atoms with Crippen LogP contribution in [0.2, 0.25) is 0 Å². The predicted octanol–water partition coefficient (Wildman–Crippen LogP) is 7.72. The Labute approximate surface area is 254 Å². The van der Waals surface area contributed by atoms with Crippen LogP contribution in [0.3, 0.4) is 0 Å². The number of hydrogen-bond donors (Lipinski definition) is 1. The van der Waals surface area contributed by atoms with Gasteiger partial charge in [0.05, 0.1) is 24.4 Å². The highest BCUT2D eigenvalue weighted by Crippen LogP contribution is 2.34. The minimum absolute atomic E-state index is 0.00278. The molecule has 1 amide bonds. The van der Waals surface area contributed by atoms with Crippen LogP contribution >= 0.6 is 11.9 Å². The van der Waals surface area contributed by atoms with Crippen LogP contribution in [0.15, 0.2) is 53.4 Å². The molecule has 7 nitrogen and oxygen atoms in total. The number of carbonyl (C=O) groups excluding carboxylic acids is 1. The molecule has 3 heterocycles. The molecule has 1 fully saturated rings. The van der Waals surface area contributed by atoms with Crippen LogP contribution in [0.4, 0.5) is 5.95 Å². The maximum Gasteiger partial charge on any atom is 0.254 e. The van der Waals surface area contributed by atoms with Crippen molar-refractivity contribution in [2.75, 3.05) is 24.5 Å². The molecule has 2 aliphatic heterocycles. The van der Waals surface area contributed by atoms with Gasteiger partial charge in [0, 0.05) is 28.6 Å². The summed E-state index contributed by atoms with van der Waals surface area (Å²) >= 11 is 1.39. The van der Waals surface area contributed by atoms with Crippen molar-refractivity contribution in [2.45, 2.75) is 84.8 Å². The molecule has 2 atom stereocenters. The van der Waals surface area contributed by atoms with Gasteiger partial charge in [0.15, 0.2) is 0 Å². The Morgan fingerprint density at radius 3 is 2.50 bits per heavy atom. The van der Waals surface area contributed by atoms with Crippen LogP contribution in [0.1, 0.15) is 75.4 Å². The molecule has 4 bridgehead atoms. The number of amides is 1. The van der Waals surface area contributed by atoms with Crippen molar-refractivity contribution < 1.29 is 14.3 Å². The molecule has 0 spiro atoms. The monoisotopic (exact) mass is 588 g/mol. The number of nitrogens with one attached hydrogen (secondary N) is 1. The van der Waals surface area contributed by atoms with Crippen molar-refractivity contribution >= 4 is 23.8 Å². The van der Waals surface area contributed by atoms with E-state index in [-0.39, 0.29) is 28.9 Å². The Hall–Kier alpha value is -3.10. The largest absolute Gasteiger partial charge is 0.475 e. The lowest BCUT2D eigenvalue weighted by atomic mass is 9.84. The van der Waals surface area contributed by atoms with E-state index < -0.39 is 0 Å². The van der Waals surface area contributed by atoms with Crippen LogP contribution < -0.4 is 9.46 Å². The minimum Gasteiger partial charge on any atom is -0.475 e. The summed E-state index contributed by atoms with van der Waals surface area (Å²) in [5.74, 6) is 0.948. The lowest BCUT2D eigenvalue weighted by Gasteiger charge is -2.40. The number of ether oxygens (including phenoxy) is 2. The van der Waals surface area contributed by atoms with E-state index in [1.54, 1.807) is 0 Å². The Morgan fingerprint density at radius 1 is 1.07 bits per heavy atom. The topological polar surface area (TPSA) is 76.6 Å². The summed E-state index contributed by atoms with van der Waals surface area (Å²) in [5.41, 5.74) is 4.94. The molecule has 1 saturated heterocycles. The molecule has 1 N–H and O–H groups in total. The fourth-order valence-electron chi connectivity index (χ4n) is 5.81. The number of aryl methyl sites for hydroxylation is 2. The number of nitrogens with zero attached hydrogens (tertiary/aromatic N) is 3. The molecule has 8 heteroatoms. The van der Waals surface area contributed by atoms with Crippen molar-refractivity contribution in [3.05, 3.63) is 65.2 Å². The number of benzene rings is 2. The van der Waals surface area contributed by atoms with Crippen LogP contribution in [-0.4, -0.2) is 52.7 Å². The van der Waals surface area contributed by atoms with Gasteiger partial charge in [-0.3, -0.25) is 9.52 Å². The lowest BCUT2D eigenvalue weighted by Crippen LogP contribution is -2.50. The average molecular weight is 589 g/mol. The third-order valence-electron chi connectivity index (χ3n) is 8.01. The van der Waals surface area contributed by atoms with Gasteiger partial charge in [-0.2, -0.15) is 4.98 Å². The van der Waals surface area contributed by atoms with Gasteiger partial charge in [0.2, 0.25) is 11.8 Å². The zero-order valence-corrected chi connectivity index (χ0v) is 26.8. The number of anilines is 1. The summed E-state index contributed by atoms with van der Waals surface area (Å²) < 4.78 is 16.1. The van der Waals surface area contributed by atoms with E-state index >= 15 is 0 Å². The van der Waals surface area contributed by atoms with Crippen molar-refractivity contribution in [2.24, 2.45) is 10.8 Å². The van der Waals surface area contributed by atoms with E-state index in [1.165, 1.54) is 11.9 Å². The third kappa shape index (κ3) is 7.45. The number of rotatable bonds is 4. The molecular weight excluding hydrogens is 544 g/mol. The van der Waals surface area contributed by atoms with Crippen LogP contribution in [-0.2, 0) is 4.74 Å². The first-order chi connectivity index (χ1) is 19.9. The maximum absolute atomic E-state index is 14.3. The molecule has 0 radical (unpaired) electrons.